The summed E-state index contributed by atoms with van der Waals surface area (Å²) >= 11 is 7.30. The van der Waals surface area contributed by atoms with E-state index in [0.29, 0.717) is 10.2 Å². The second-order valence-electron chi connectivity index (χ2n) is 4.43. The fourth-order valence-electron chi connectivity index (χ4n) is 1.55. The number of hydrogen-bond donors (Lipinski definition) is 1. The number of nitrogens with zero attached hydrogens (tertiary/aromatic N) is 3. The molecule has 2 aromatic rings. The van der Waals surface area contributed by atoms with Gasteiger partial charge >= 0.3 is 0 Å². The molecule has 20 heavy (non-hydrogen) atoms. The highest BCUT2D eigenvalue weighted by Gasteiger charge is 2.17. The maximum atomic E-state index is 12.2. The van der Waals surface area contributed by atoms with Crippen LogP contribution in [0.1, 0.15) is 12.5 Å². The van der Waals surface area contributed by atoms with Gasteiger partial charge in [0.2, 0.25) is 5.91 Å². The van der Waals surface area contributed by atoms with Gasteiger partial charge in [-0.1, -0.05) is 29.4 Å². The summed E-state index contributed by atoms with van der Waals surface area (Å²) in [4.78, 5) is 12.2. The van der Waals surface area contributed by atoms with Gasteiger partial charge < -0.3 is 9.88 Å². The van der Waals surface area contributed by atoms with Gasteiger partial charge in [0.1, 0.15) is 6.33 Å². The van der Waals surface area contributed by atoms with Gasteiger partial charge in [0.05, 0.1) is 5.25 Å². The zero-order chi connectivity index (χ0) is 14.7. The van der Waals surface area contributed by atoms with Gasteiger partial charge in [0, 0.05) is 17.8 Å². The van der Waals surface area contributed by atoms with Crippen molar-refractivity contribution < 1.29 is 4.79 Å². The third kappa shape index (κ3) is 3.52. The Morgan fingerprint density at radius 2 is 2.25 bits per heavy atom. The number of rotatable bonds is 4. The van der Waals surface area contributed by atoms with E-state index in [0.717, 1.165) is 11.3 Å². The van der Waals surface area contributed by atoms with E-state index in [2.05, 4.69) is 15.5 Å². The van der Waals surface area contributed by atoms with Crippen LogP contribution < -0.4 is 5.32 Å². The molecule has 1 unspecified atom stereocenters. The van der Waals surface area contributed by atoms with Crippen LogP contribution in [-0.2, 0) is 11.8 Å². The summed E-state index contributed by atoms with van der Waals surface area (Å²) in [5, 5.41) is 11.6. The van der Waals surface area contributed by atoms with E-state index in [-0.39, 0.29) is 11.2 Å². The topological polar surface area (TPSA) is 59.8 Å². The highest BCUT2D eigenvalue weighted by atomic mass is 35.5. The molecule has 0 aliphatic rings. The molecule has 1 heterocycles. The second kappa shape index (κ2) is 6.28. The van der Waals surface area contributed by atoms with Crippen LogP contribution in [-0.4, -0.2) is 25.9 Å². The van der Waals surface area contributed by atoms with Gasteiger partial charge in [-0.3, -0.25) is 4.79 Å². The van der Waals surface area contributed by atoms with Crippen LogP contribution in [0.3, 0.4) is 0 Å². The Balaban J connectivity index is 2.04. The lowest BCUT2D eigenvalue weighted by atomic mass is 10.2. The van der Waals surface area contributed by atoms with Crippen molar-refractivity contribution in [3.05, 3.63) is 35.1 Å². The maximum absolute atomic E-state index is 12.2. The molecule has 7 heteroatoms. The summed E-state index contributed by atoms with van der Waals surface area (Å²) in [7, 11) is 1.84. The summed E-state index contributed by atoms with van der Waals surface area (Å²) in [6.07, 6.45) is 1.61. The fourth-order valence-corrected chi connectivity index (χ4v) is 2.52. The molecule has 1 aromatic heterocycles. The van der Waals surface area contributed by atoms with Crippen molar-refractivity contribution in [3.8, 4) is 0 Å². The lowest BCUT2D eigenvalue weighted by molar-refractivity contribution is -0.115. The molecule has 0 aliphatic carbocycles. The van der Waals surface area contributed by atoms with E-state index in [9.17, 15) is 4.79 Å². The van der Waals surface area contributed by atoms with Crippen molar-refractivity contribution in [2.75, 3.05) is 5.32 Å². The van der Waals surface area contributed by atoms with Crippen molar-refractivity contribution in [3.63, 3.8) is 0 Å². The van der Waals surface area contributed by atoms with Crippen LogP contribution in [0.2, 0.25) is 5.02 Å². The predicted molar refractivity (Wildman–Crippen MR) is 81.1 cm³/mol. The number of nitrogens with one attached hydrogen (secondary N) is 1. The number of carbonyl (C=O) groups is 1. The molecule has 0 bridgehead atoms. The van der Waals surface area contributed by atoms with Crippen molar-refractivity contribution in [1.82, 2.24) is 14.8 Å². The Bertz CT molecular complexity index is 629. The summed E-state index contributed by atoms with van der Waals surface area (Å²) in [6, 6.07) is 5.41. The van der Waals surface area contributed by atoms with Gasteiger partial charge in [0.25, 0.3) is 0 Å². The minimum Gasteiger partial charge on any atom is -0.325 e. The van der Waals surface area contributed by atoms with E-state index in [1.807, 2.05) is 27.0 Å². The fraction of sp³-hybridized carbons (Fsp3) is 0.308. The molecular formula is C13H15ClN4OS. The van der Waals surface area contributed by atoms with Gasteiger partial charge in [-0.15, -0.1) is 10.2 Å². The number of amides is 1. The third-order valence-corrected chi connectivity index (χ3v) is 4.16. The summed E-state index contributed by atoms with van der Waals surface area (Å²) < 4.78 is 1.78. The molecular weight excluding hydrogens is 296 g/mol. The molecule has 0 aliphatic heterocycles. The van der Waals surface area contributed by atoms with E-state index < -0.39 is 0 Å². The van der Waals surface area contributed by atoms with E-state index in [1.165, 1.54) is 11.8 Å². The molecule has 2 rings (SSSR count). The van der Waals surface area contributed by atoms with Crippen LogP contribution >= 0.6 is 23.4 Å². The zero-order valence-electron chi connectivity index (χ0n) is 11.4. The van der Waals surface area contributed by atoms with Crippen LogP contribution in [0.15, 0.2) is 29.7 Å². The Labute approximate surface area is 126 Å². The lowest BCUT2D eigenvalue weighted by Crippen LogP contribution is -2.23. The van der Waals surface area contributed by atoms with E-state index in [1.54, 1.807) is 23.0 Å². The number of halogens is 1. The first-order valence-corrected chi connectivity index (χ1v) is 7.31. The molecule has 1 N–H and O–H groups in total. The van der Waals surface area contributed by atoms with Gasteiger partial charge in [0.15, 0.2) is 5.16 Å². The van der Waals surface area contributed by atoms with E-state index >= 15 is 0 Å². The van der Waals surface area contributed by atoms with Crippen LogP contribution in [0.5, 0.6) is 0 Å². The molecule has 106 valence electrons. The van der Waals surface area contributed by atoms with Crippen LogP contribution in [0.25, 0.3) is 0 Å². The normalized spacial score (nSPS) is 12.2. The summed E-state index contributed by atoms with van der Waals surface area (Å²) in [6.45, 7) is 3.75. The number of aryl methyl sites for hydroxylation is 2. The van der Waals surface area contributed by atoms with Gasteiger partial charge in [-0.2, -0.15) is 0 Å². The number of carbonyl (C=O) groups excluding carboxylic acids is 1. The SMILES string of the molecule is Cc1ccc(Cl)cc1NC(=O)C(C)Sc1nncn1C. The summed E-state index contributed by atoms with van der Waals surface area (Å²) in [5.41, 5.74) is 1.70. The maximum Gasteiger partial charge on any atom is 0.237 e. The number of hydrogen-bond acceptors (Lipinski definition) is 4. The second-order valence-corrected chi connectivity index (χ2v) is 6.18. The molecule has 0 saturated carbocycles. The molecule has 5 nitrogen and oxygen atoms in total. The minimum absolute atomic E-state index is 0.0941. The highest BCUT2D eigenvalue weighted by molar-refractivity contribution is 8.00. The first-order chi connectivity index (χ1) is 9.47. The first kappa shape index (κ1) is 14.9. The van der Waals surface area contributed by atoms with Crippen molar-refractivity contribution in [1.29, 1.82) is 0 Å². The number of anilines is 1. The Morgan fingerprint density at radius 1 is 1.50 bits per heavy atom. The lowest BCUT2D eigenvalue weighted by Gasteiger charge is -2.13. The third-order valence-electron chi connectivity index (χ3n) is 2.78. The average Bonchev–Trinajstić information content (AvgIpc) is 2.79. The standard InChI is InChI=1S/C13H15ClN4OS/c1-8-4-5-10(14)6-11(8)16-12(19)9(2)20-13-17-15-7-18(13)3/h4-7,9H,1-3H3,(H,16,19). The number of thioether (sulfide) groups is 1. The predicted octanol–water partition coefficient (Wildman–Crippen LogP) is 2.90. The quantitative estimate of drug-likeness (QED) is 0.882. The van der Waals surface area contributed by atoms with Gasteiger partial charge in [-0.05, 0) is 31.5 Å². The van der Waals surface area contributed by atoms with Crippen molar-refractivity contribution >= 4 is 35.0 Å². The first-order valence-electron chi connectivity index (χ1n) is 6.05. The van der Waals surface area contributed by atoms with Crippen LogP contribution in [0.4, 0.5) is 5.69 Å². The van der Waals surface area contributed by atoms with Crippen molar-refractivity contribution in [2.24, 2.45) is 7.05 Å². The number of benzene rings is 1. The minimum atomic E-state index is -0.281. The molecule has 0 saturated heterocycles. The number of aromatic nitrogens is 3. The van der Waals surface area contributed by atoms with Gasteiger partial charge in [-0.25, -0.2) is 0 Å². The highest BCUT2D eigenvalue weighted by Crippen LogP contribution is 2.24. The zero-order valence-corrected chi connectivity index (χ0v) is 13.0. The smallest absolute Gasteiger partial charge is 0.237 e. The molecule has 0 fully saturated rings. The molecule has 1 atom stereocenters. The van der Waals surface area contributed by atoms with Crippen molar-refractivity contribution in [2.45, 2.75) is 24.3 Å². The average molecular weight is 311 g/mol. The largest absolute Gasteiger partial charge is 0.325 e. The molecule has 1 amide bonds. The molecule has 0 radical (unpaired) electrons. The van der Waals surface area contributed by atoms with E-state index in [4.69, 9.17) is 11.6 Å². The molecule has 0 spiro atoms. The Morgan fingerprint density at radius 3 is 2.90 bits per heavy atom. The molecule has 1 aromatic carbocycles. The summed E-state index contributed by atoms with van der Waals surface area (Å²) in [5.74, 6) is -0.0941. The Hall–Kier alpha value is -1.53. The Kier molecular flexibility index (Phi) is 4.67. The van der Waals surface area contributed by atoms with Crippen LogP contribution in [0, 0.1) is 6.92 Å². The monoisotopic (exact) mass is 310 g/mol.